The Hall–Kier alpha value is -2.50. The predicted molar refractivity (Wildman–Crippen MR) is 98.6 cm³/mol. The molecular weight excluding hydrogens is 355 g/mol. The maximum absolute atomic E-state index is 13.3. The minimum absolute atomic E-state index is 0.298. The summed E-state index contributed by atoms with van der Waals surface area (Å²) >= 11 is 0. The monoisotopic (exact) mass is 379 g/mol. The molecule has 0 heterocycles. The summed E-state index contributed by atoms with van der Waals surface area (Å²) in [6.45, 7) is 2.22. The molecule has 0 aliphatic rings. The van der Waals surface area contributed by atoms with Gasteiger partial charge in [0.05, 0.1) is 0 Å². The minimum atomic E-state index is -4.63. The molecule has 0 aromatic heterocycles. The number of alkyl halides is 3. The highest BCUT2D eigenvalue weighted by molar-refractivity contribution is 5.67. The standard InChI is InChI=1S/C21H24F3NO2/c1-2-3-12-25-20(26)27-19(21(22,23)24)15-18-11-7-10-17(14-18)13-16-8-5-4-6-9-16/h4-11,14,19H,2-3,12-13,15H2,1H3,(H,25,26). The van der Waals surface area contributed by atoms with Gasteiger partial charge < -0.3 is 10.1 Å². The number of hydrogen-bond donors (Lipinski definition) is 1. The number of unbranched alkanes of at least 4 members (excludes halogenated alkanes) is 1. The first-order valence-corrected chi connectivity index (χ1v) is 9.01. The van der Waals surface area contributed by atoms with Crippen LogP contribution in [0.1, 0.15) is 36.5 Å². The summed E-state index contributed by atoms with van der Waals surface area (Å²) in [6, 6.07) is 16.6. The number of nitrogens with one attached hydrogen (secondary N) is 1. The van der Waals surface area contributed by atoms with E-state index < -0.39 is 24.8 Å². The van der Waals surface area contributed by atoms with Gasteiger partial charge in [-0.3, -0.25) is 0 Å². The molecule has 0 aliphatic heterocycles. The van der Waals surface area contributed by atoms with Gasteiger partial charge in [0.15, 0.2) is 0 Å². The maximum Gasteiger partial charge on any atom is 0.425 e. The second kappa shape index (κ2) is 10.00. The topological polar surface area (TPSA) is 38.3 Å². The maximum atomic E-state index is 13.3. The Labute approximate surface area is 157 Å². The number of amides is 1. The van der Waals surface area contributed by atoms with E-state index in [1.54, 1.807) is 18.2 Å². The van der Waals surface area contributed by atoms with Crippen molar-refractivity contribution >= 4 is 6.09 Å². The number of carbonyl (C=O) groups is 1. The van der Waals surface area contributed by atoms with Crippen molar-refractivity contribution in [2.24, 2.45) is 0 Å². The van der Waals surface area contributed by atoms with Gasteiger partial charge in [0.2, 0.25) is 6.10 Å². The lowest BCUT2D eigenvalue weighted by Gasteiger charge is -2.21. The predicted octanol–water partition coefficient (Wildman–Crippen LogP) is 5.28. The third-order valence-corrected chi connectivity index (χ3v) is 4.08. The average molecular weight is 379 g/mol. The number of benzene rings is 2. The summed E-state index contributed by atoms with van der Waals surface area (Å²) in [4.78, 5) is 11.6. The van der Waals surface area contributed by atoms with Gasteiger partial charge in [-0.25, -0.2) is 4.79 Å². The molecule has 0 radical (unpaired) electrons. The van der Waals surface area contributed by atoms with Crippen molar-refractivity contribution in [3.63, 3.8) is 0 Å². The van der Waals surface area contributed by atoms with Gasteiger partial charge in [0, 0.05) is 13.0 Å². The van der Waals surface area contributed by atoms with Crippen LogP contribution in [0.2, 0.25) is 0 Å². The van der Waals surface area contributed by atoms with Gasteiger partial charge in [-0.2, -0.15) is 13.2 Å². The zero-order chi connectivity index (χ0) is 19.7. The van der Waals surface area contributed by atoms with Gasteiger partial charge in [-0.05, 0) is 29.5 Å². The van der Waals surface area contributed by atoms with Crippen molar-refractivity contribution in [2.75, 3.05) is 6.54 Å². The lowest BCUT2D eigenvalue weighted by Crippen LogP contribution is -2.39. The Balaban J connectivity index is 2.04. The number of hydrogen-bond acceptors (Lipinski definition) is 2. The Bertz CT molecular complexity index is 717. The van der Waals surface area contributed by atoms with Crippen molar-refractivity contribution in [1.29, 1.82) is 0 Å². The van der Waals surface area contributed by atoms with Crippen LogP contribution in [-0.2, 0) is 17.6 Å². The number of ether oxygens (including phenoxy) is 1. The number of halogens is 3. The zero-order valence-electron chi connectivity index (χ0n) is 15.3. The highest BCUT2D eigenvalue weighted by atomic mass is 19.4. The molecule has 0 aliphatic carbocycles. The Morgan fingerprint density at radius 3 is 2.37 bits per heavy atom. The normalized spacial score (nSPS) is 12.4. The van der Waals surface area contributed by atoms with Crippen molar-refractivity contribution in [2.45, 2.75) is 44.9 Å². The van der Waals surface area contributed by atoms with Crippen molar-refractivity contribution < 1.29 is 22.7 Å². The SMILES string of the molecule is CCCCNC(=O)OC(Cc1cccc(Cc2ccccc2)c1)C(F)(F)F. The molecule has 0 bridgehead atoms. The molecule has 27 heavy (non-hydrogen) atoms. The van der Waals surface area contributed by atoms with Gasteiger partial charge in [-0.15, -0.1) is 0 Å². The lowest BCUT2D eigenvalue weighted by atomic mass is 10.00. The van der Waals surface area contributed by atoms with E-state index in [4.69, 9.17) is 0 Å². The fourth-order valence-electron chi connectivity index (χ4n) is 2.67. The first kappa shape index (κ1) is 20.8. The summed E-state index contributed by atoms with van der Waals surface area (Å²) in [5.41, 5.74) is 2.47. The van der Waals surface area contributed by atoms with Crippen LogP contribution >= 0.6 is 0 Å². The number of alkyl carbamates (subject to hydrolysis) is 1. The number of carbonyl (C=O) groups excluding carboxylic acids is 1. The molecule has 1 N–H and O–H groups in total. The first-order chi connectivity index (χ1) is 12.9. The molecule has 1 amide bonds. The van der Waals surface area contributed by atoms with E-state index in [-0.39, 0.29) is 0 Å². The van der Waals surface area contributed by atoms with Crippen LogP contribution in [0.4, 0.5) is 18.0 Å². The Morgan fingerprint density at radius 2 is 1.70 bits per heavy atom. The molecule has 0 spiro atoms. The molecule has 1 atom stereocenters. The molecule has 0 saturated heterocycles. The van der Waals surface area contributed by atoms with E-state index in [9.17, 15) is 18.0 Å². The average Bonchev–Trinajstić information content (AvgIpc) is 2.62. The van der Waals surface area contributed by atoms with E-state index in [2.05, 4.69) is 10.1 Å². The van der Waals surface area contributed by atoms with Crippen molar-refractivity contribution in [1.82, 2.24) is 5.32 Å². The van der Waals surface area contributed by atoms with Crippen LogP contribution in [0.25, 0.3) is 0 Å². The highest BCUT2D eigenvalue weighted by Gasteiger charge is 2.42. The van der Waals surface area contributed by atoms with Gasteiger partial charge in [-0.1, -0.05) is 67.9 Å². The van der Waals surface area contributed by atoms with Crippen LogP contribution in [0.15, 0.2) is 54.6 Å². The molecule has 2 aromatic rings. The van der Waals surface area contributed by atoms with E-state index in [1.807, 2.05) is 43.3 Å². The molecule has 6 heteroatoms. The van der Waals surface area contributed by atoms with Crippen molar-refractivity contribution in [3.8, 4) is 0 Å². The zero-order valence-corrected chi connectivity index (χ0v) is 15.3. The molecule has 2 rings (SSSR count). The van der Waals surface area contributed by atoms with E-state index >= 15 is 0 Å². The smallest absolute Gasteiger partial charge is 0.425 e. The van der Waals surface area contributed by atoms with Crippen LogP contribution < -0.4 is 5.32 Å². The van der Waals surface area contributed by atoms with Crippen LogP contribution in [-0.4, -0.2) is 24.9 Å². The molecule has 1 unspecified atom stereocenters. The quantitative estimate of drug-likeness (QED) is 0.634. The summed E-state index contributed by atoms with van der Waals surface area (Å²) in [5.74, 6) is 0. The van der Waals surface area contributed by atoms with Gasteiger partial charge >= 0.3 is 12.3 Å². The summed E-state index contributed by atoms with van der Waals surface area (Å²) in [7, 11) is 0. The van der Waals surface area contributed by atoms with Gasteiger partial charge in [0.25, 0.3) is 0 Å². The Kier molecular flexibility index (Phi) is 7.70. The largest absolute Gasteiger partial charge is 0.436 e. The molecular formula is C21H24F3NO2. The van der Waals surface area contributed by atoms with Crippen molar-refractivity contribution in [3.05, 3.63) is 71.3 Å². The minimum Gasteiger partial charge on any atom is -0.436 e. The summed E-state index contributed by atoms with van der Waals surface area (Å²) in [6.07, 6.45) is -6.10. The van der Waals surface area contributed by atoms with Gasteiger partial charge in [0.1, 0.15) is 0 Å². The highest BCUT2D eigenvalue weighted by Crippen LogP contribution is 2.26. The Morgan fingerprint density at radius 1 is 1.04 bits per heavy atom. The molecule has 3 nitrogen and oxygen atoms in total. The van der Waals surface area contributed by atoms with E-state index in [0.717, 1.165) is 17.5 Å². The molecule has 146 valence electrons. The number of rotatable bonds is 8. The fraction of sp³-hybridized carbons (Fsp3) is 0.381. The second-order valence-electron chi connectivity index (χ2n) is 6.40. The third kappa shape index (κ3) is 7.33. The van der Waals surface area contributed by atoms with E-state index in [1.165, 1.54) is 0 Å². The molecule has 2 aromatic carbocycles. The summed E-state index contributed by atoms with van der Waals surface area (Å²) in [5, 5.41) is 2.35. The van der Waals surface area contributed by atoms with Crippen LogP contribution in [0, 0.1) is 0 Å². The lowest BCUT2D eigenvalue weighted by molar-refractivity contribution is -0.202. The summed E-state index contributed by atoms with van der Waals surface area (Å²) < 4.78 is 44.5. The second-order valence-corrected chi connectivity index (χ2v) is 6.40. The molecule has 0 saturated carbocycles. The fourth-order valence-corrected chi connectivity index (χ4v) is 2.67. The van der Waals surface area contributed by atoms with Crippen LogP contribution in [0.5, 0.6) is 0 Å². The van der Waals surface area contributed by atoms with Crippen LogP contribution in [0.3, 0.4) is 0 Å². The first-order valence-electron chi connectivity index (χ1n) is 9.01. The van der Waals surface area contributed by atoms with E-state index in [0.29, 0.717) is 24.9 Å². The molecule has 0 fully saturated rings. The third-order valence-electron chi connectivity index (χ3n) is 4.08.